The summed E-state index contributed by atoms with van der Waals surface area (Å²) in [6.45, 7) is 6.36. The van der Waals surface area contributed by atoms with Gasteiger partial charge in [-0.1, -0.05) is 19.8 Å². The summed E-state index contributed by atoms with van der Waals surface area (Å²) < 4.78 is 0. The molecule has 1 unspecified atom stereocenters. The molecule has 15 heavy (non-hydrogen) atoms. The number of aromatic nitrogens is 1. The molecule has 1 aromatic rings. The van der Waals surface area contributed by atoms with E-state index in [-0.39, 0.29) is 0 Å². The van der Waals surface area contributed by atoms with Crippen molar-refractivity contribution in [2.75, 3.05) is 11.1 Å². The van der Waals surface area contributed by atoms with E-state index in [9.17, 15) is 0 Å². The van der Waals surface area contributed by atoms with E-state index in [4.69, 9.17) is 5.73 Å². The van der Waals surface area contributed by atoms with Crippen molar-refractivity contribution in [1.29, 1.82) is 0 Å². The first-order chi connectivity index (χ1) is 7.13. The highest BCUT2D eigenvalue weighted by Gasteiger charge is 2.05. The average Bonchev–Trinajstić information content (AvgIpc) is 2.19. The van der Waals surface area contributed by atoms with Crippen LogP contribution in [0.25, 0.3) is 0 Å². The van der Waals surface area contributed by atoms with Crippen LogP contribution in [0.4, 0.5) is 11.5 Å². The van der Waals surface area contributed by atoms with Gasteiger partial charge >= 0.3 is 0 Å². The summed E-state index contributed by atoms with van der Waals surface area (Å²) in [5, 5.41) is 3.34. The molecular formula is C12H21N3. The zero-order chi connectivity index (χ0) is 11.3. The topological polar surface area (TPSA) is 50.9 Å². The third kappa shape index (κ3) is 3.78. The highest BCUT2D eigenvalue weighted by atomic mass is 15.0. The predicted octanol–water partition coefficient (Wildman–Crippen LogP) is 2.96. The van der Waals surface area contributed by atoms with Crippen LogP contribution in [-0.4, -0.2) is 11.0 Å². The van der Waals surface area contributed by atoms with Gasteiger partial charge in [0.25, 0.3) is 0 Å². The predicted molar refractivity (Wildman–Crippen MR) is 66.0 cm³/mol. The Hall–Kier alpha value is -1.25. The highest BCUT2D eigenvalue weighted by Crippen LogP contribution is 2.17. The Morgan fingerprint density at radius 2 is 2.27 bits per heavy atom. The summed E-state index contributed by atoms with van der Waals surface area (Å²) in [7, 11) is 0. The maximum Gasteiger partial charge on any atom is 0.149 e. The molecule has 1 heterocycles. The van der Waals surface area contributed by atoms with Gasteiger partial charge in [-0.15, -0.1) is 0 Å². The third-order valence-corrected chi connectivity index (χ3v) is 2.43. The number of hydrogen-bond donors (Lipinski definition) is 2. The molecule has 0 saturated heterocycles. The first-order valence-corrected chi connectivity index (χ1v) is 5.62. The number of hydrogen-bond acceptors (Lipinski definition) is 3. The number of rotatable bonds is 5. The lowest BCUT2D eigenvalue weighted by Gasteiger charge is -2.15. The fraction of sp³-hybridized carbons (Fsp3) is 0.583. The van der Waals surface area contributed by atoms with Crippen molar-refractivity contribution in [3.05, 3.63) is 17.8 Å². The van der Waals surface area contributed by atoms with Gasteiger partial charge in [-0.25, -0.2) is 4.98 Å². The minimum absolute atomic E-state index is 0.433. The fourth-order valence-corrected chi connectivity index (χ4v) is 1.53. The fourth-order valence-electron chi connectivity index (χ4n) is 1.53. The number of unbranched alkanes of at least 4 members (excludes halogenated alkanes) is 1. The number of nitrogens with two attached hydrogens (primary N) is 1. The molecule has 1 atom stereocenters. The summed E-state index contributed by atoms with van der Waals surface area (Å²) in [4.78, 5) is 4.29. The second-order valence-electron chi connectivity index (χ2n) is 4.14. The van der Waals surface area contributed by atoms with Gasteiger partial charge in [0.05, 0.1) is 5.69 Å². The Labute approximate surface area is 92.1 Å². The van der Waals surface area contributed by atoms with Crippen LogP contribution in [-0.2, 0) is 0 Å². The van der Waals surface area contributed by atoms with Crippen LogP contribution in [0.3, 0.4) is 0 Å². The molecule has 0 aliphatic heterocycles. The second kappa shape index (κ2) is 5.59. The molecule has 3 N–H and O–H groups in total. The molecule has 1 aromatic heterocycles. The molecule has 0 saturated carbocycles. The van der Waals surface area contributed by atoms with Crippen LogP contribution in [0.15, 0.2) is 12.3 Å². The molecule has 0 spiro atoms. The molecular weight excluding hydrogens is 186 g/mol. The molecule has 3 nitrogen and oxygen atoms in total. The molecule has 0 fully saturated rings. The zero-order valence-corrected chi connectivity index (χ0v) is 9.88. The Balaban J connectivity index is 2.56. The molecule has 0 bridgehead atoms. The molecule has 0 aromatic carbocycles. The first-order valence-electron chi connectivity index (χ1n) is 5.62. The van der Waals surface area contributed by atoms with Crippen molar-refractivity contribution in [3.8, 4) is 0 Å². The van der Waals surface area contributed by atoms with Crippen LogP contribution < -0.4 is 11.1 Å². The van der Waals surface area contributed by atoms with Crippen LogP contribution in [0.5, 0.6) is 0 Å². The van der Waals surface area contributed by atoms with Crippen molar-refractivity contribution >= 4 is 11.5 Å². The van der Waals surface area contributed by atoms with Crippen molar-refractivity contribution < 1.29 is 0 Å². The van der Waals surface area contributed by atoms with Crippen molar-refractivity contribution in [1.82, 2.24) is 4.98 Å². The van der Waals surface area contributed by atoms with Gasteiger partial charge in [0.1, 0.15) is 5.82 Å². The number of nitrogens with zero attached hydrogens (tertiary/aromatic N) is 1. The molecule has 1 rings (SSSR count). The quantitative estimate of drug-likeness (QED) is 0.780. The van der Waals surface area contributed by atoms with E-state index in [1.807, 2.05) is 19.2 Å². The van der Waals surface area contributed by atoms with E-state index in [0.717, 1.165) is 23.5 Å². The number of pyridine rings is 1. The van der Waals surface area contributed by atoms with Gasteiger partial charge < -0.3 is 11.1 Å². The van der Waals surface area contributed by atoms with Crippen LogP contribution in [0.2, 0.25) is 0 Å². The van der Waals surface area contributed by atoms with Gasteiger partial charge in [0.2, 0.25) is 0 Å². The Morgan fingerprint density at radius 3 is 2.87 bits per heavy atom. The Bertz CT molecular complexity index is 310. The summed E-state index contributed by atoms with van der Waals surface area (Å²) in [5.41, 5.74) is 7.70. The van der Waals surface area contributed by atoms with E-state index in [1.165, 1.54) is 12.8 Å². The molecule has 0 radical (unpaired) electrons. The lowest BCUT2D eigenvalue weighted by Crippen LogP contribution is -2.17. The van der Waals surface area contributed by atoms with Crippen LogP contribution >= 0.6 is 0 Å². The van der Waals surface area contributed by atoms with E-state index in [0.29, 0.717) is 6.04 Å². The SMILES string of the molecule is CCCCC(C)Nc1ncc(C)cc1N. The minimum Gasteiger partial charge on any atom is -0.396 e. The van der Waals surface area contributed by atoms with Crippen molar-refractivity contribution in [2.24, 2.45) is 0 Å². The standard InChI is InChI=1S/C12H21N3/c1-4-5-6-10(3)15-12-11(13)7-9(2)8-14-12/h7-8,10H,4-6,13H2,1-3H3,(H,14,15). The molecule has 84 valence electrons. The smallest absolute Gasteiger partial charge is 0.149 e. The van der Waals surface area contributed by atoms with Crippen molar-refractivity contribution in [2.45, 2.75) is 46.1 Å². The molecule has 0 aliphatic carbocycles. The monoisotopic (exact) mass is 207 g/mol. The summed E-state index contributed by atoms with van der Waals surface area (Å²) in [6.07, 6.45) is 5.46. The van der Waals surface area contributed by atoms with E-state index in [1.54, 1.807) is 0 Å². The zero-order valence-electron chi connectivity index (χ0n) is 9.88. The second-order valence-corrected chi connectivity index (χ2v) is 4.14. The van der Waals surface area contributed by atoms with Crippen LogP contribution in [0.1, 0.15) is 38.7 Å². The van der Waals surface area contributed by atoms with Gasteiger partial charge in [0, 0.05) is 12.2 Å². The number of aryl methyl sites for hydroxylation is 1. The Kier molecular flexibility index (Phi) is 4.40. The van der Waals surface area contributed by atoms with E-state index in [2.05, 4.69) is 24.1 Å². The molecule has 0 amide bonds. The summed E-state index contributed by atoms with van der Waals surface area (Å²) in [5.74, 6) is 0.809. The Morgan fingerprint density at radius 1 is 1.53 bits per heavy atom. The van der Waals surface area contributed by atoms with Gasteiger partial charge in [-0.3, -0.25) is 0 Å². The maximum absolute atomic E-state index is 5.87. The minimum atomic E-state index is 0.433. The lowest BCUT2D eigenvalue weighted by molar-refractivity contribution is 0.643. The van der Waals surface area contributed by atoms with Gasteiger partial charge in [-0.2, -0.15) is 0 Å². The van der Waals surface area contributed by atoms with E-state index < -0.39 is 0 Å². The average molecular weight is 207 g/mol. The van der Waals surface area contributed by atoms with E-state index >= 15 is 0 Å². The highest BCUT2D eigenvalue weighted by molar-refractivity contribution is 5.61. The number of nitrogens with one attached hydrogen (secondary N) is 1. The van der Waals surface area contributed by atoms with Gasteiger partial charge in [-0.05, 0) is 31.9 Å². The summed E-state index contributed by atoms with van der Waals surface area (Å²) in [6, 6.07) is 2.38. The number of anilines is 2. The summed E-state index contributed by atoms with van der Waals surface area (Å²) >= 11 is 0. The molecule has 3 heteroatoms. The van der Waals surface area contributed by atoms with Crippen molar-refractivity contribution in [3.63, 3.8) is 0 Å². The largest absolute Gasteiger partial charge is 0.396 e. The lowest BCUT2D eigenvalue weighted by atomic mass is 10.1. The first kappa shape index (κ1) is 11.8. The molecule has 0 aliphatic rings. The van der Waals surface area contributed by atoms with Crippen LogP contribution in [0, 0.1) is 6.92 Å². The van der Waals surface area contributed by atoms with Gasteiger partial charge in [0.15, 0.2) is 0 Å². The number of nitrogen functional groups attached to an aromatic ring is 1. The third-order valence-electron chi connectivity index (χ3n) is 2.43. The normalized spacial score (nSPS) is 12.5. The maximum atomic E-state index is 5.87.